The molecule has 0 aliphatic rings. The van der Waals surface area contributed by atoms with E-state index in [-0.39, 0.29) is 18.3 Å². The molecule has 0 atom stereocenters. The Bertz CT molecular complexity index is 439. The van der Waals surface area contributed by atoms with Crippen molar-refractivity contribution in [2.45, 2.75) is 20.0 Å². The van der Waals surface area contributed by atoms with E-state index in [4.69, 9.17) is 9.84 Å². The van der Waals surface area contributed by atoms with E-state index in [0.29, 0.717) is 6.07 Å². The van der Waals surface area contributed by atoms with Crippen LogP contribution in [0.2, 0.25) is 0 Å². The molecule has 0 radical (unpaired) electrons. The van der Waals surface area contributed by atoms with Gasteiger partial charge in [-0.2, -0.15) is 13.2 Å². The zero-order valence-corrected chi connectivity index (χ0v) is 9.91. The number of carboxylic acid groups (broad SMARTS) is 1. The number of carbonyl (C=O) groups is 1. The SMILES string of the molecule is CC(C)COc1ccc(C(=O)O)cc1C(F)(F)F. The molecule has 0 saturated carbocycles. The third-order valence-corrected chi connectivity index (χ3v) is 2.10. The second kappa shape index (κ2) is 5.29. The number of aromatic carboxylic acids is 1. The van der Waals surface area contributed by atoms with Crippen molar-refractivity contribution in [3.05, 3.63) is 29.3 Å². The van der Waals surface area contributed by atoms with E-state index in [9.17, 15) is 18.0 Å². The van der Waals surface area contributed by atoms with Gasteiger partial charge in [-0.25, -0.2) is 4.79 Å². The molecule has 0 fully saturated rings. The third kappa shape index (κ3) is 3.65. The van der Waals surface area contributed by atoms with E-state index in [2.05, 4.69) is 0 Å². The van der Waals surface area contributed by atoms with Crippen molar-refractivity contribution < 1.29 is 27.8 Å². The zero-order valence-electron chi connectivity index (χ0n) is 9.91. The number of carboxylic acids is 1. The van der Waals surface area contributed by atoms with Gasteiger partial charge in [-0.05, 0) is 24.1 Å². The van der Waals surface area contributed by atoms with Gasteiger partial charge in [0.1, 0.15) is 5.75 Å². The average molecular weight is 262 g/mol. The Morgan fingerprint density at radius 3 is 2.44 bits per heavy atom. The Morgan fingerprint density at radius 1 is 1.39 bits per heavy atom. The lowest BCUT2D eigenvalue weighted by atomic mass is 10.1. The van der Waals surface area contributed by atoms with E-state index < -0.39 is 23.3 Å². The fraction of sp³-hybridized carbons (Fsp3) is 0.417. The second-order valence-corrected chi connectivity index (χ2v) is 4.22. The van der Waals surface area contributed by atoms with Gasteiger partial charge in [0.2, 0.25) is 0 Å². The first-order valence-electron chi connectivity index (χ1n) is 5.29. The zero-order chi connectivity index (χ0) is 13.9. The van der Waals surface area contributed by atoms with Gasteiger partial charge in [0.15, 0.2) is 0 Å². The van der Waals surface area contributed by atoms with E-state index in [1.807, 2.05) is 0 Å². The van der Waals surface area contributed by atoms with Gasteiger partial charge in [-0.1, -0.05) is 13.8 Å². The molecular formula is C12H13F3O3. The topological polar surface area (TPSA) is 46.5 Å². The predicted octanol–water partition coefficient (Wildman–Crippen LogP) is 3.44. The molecule has 3 nitrogen and oxygen atoms in total. The van der Waals surface area contributed by atoms with Gasteiger partial charge in [-0.15, -0.1) is 0 Å². The lowest BCUT2D eigenvalue weighted by Gasteiger charge is -2.15. The molecule has 0 spiro atoms. The van der Waals surface area contributed by atoms with Crippen molar-refractivity contribution >= 4 is 5.97 Å². The van der Waals surface area contributed by atoms with E-state index in [1.54, 1.807) is 13.8 Å². The molecule has 6 heteroatoms. The molecule has 0 amide bonds. The van der Waals surface area contributed by atoms with Crippen LogP contribution in [0.5, 0.6) is 5.75 Å². The molecule has 0 aliphatic heterocycles. The van der Waals surface area contributed by atoms with Crippen LogP contribution in [0.1, 0.15) is 29.8 Å². The molecule has 0 saturated heterocycles. The molecule has 0 aromatic heterocycles. The summed E-state index contributed by atoms with van der Waals surface area (Å²) in [6.45, 7) is 3.74. The number of rotatable bonds is 4. The van der Waals surface area contributed by atoms with Crippen LogP contribution in [-0.2, 0) is 6.18 Å². The highest BCUT2D eigenvalue weighted by Crippen LogP contribution is 2.37. The van der Waals surface area contributed by atoms with Gasteiger partial charge in [0, 0.05) is 0 Å². The smallest absolute Gasteiger partial charge is 0.419 e. The van der Waals surface area contributed by atoms with Gasteiger partial charge >= 0.3 is 12.1 Å². The lowest BCUT2D eigenvalue weighted by molar-refractivity contribution is -0.139. The highest BCUT2D eigenvalue weighted by molar-refractivity contribution is 5.88. The Hall–Kier alpha value is -1.72. The number of alkyl halides is 3. The van der Waals surface area contributed by atoms with Gasteiger partial charge in [-0.3, -0.25) is 0 Å². The summed E-state index contributed by atoms with van der Waals surface area (Å²) in [5, 5.41) is 8.68. The highest BCUT2D eigenvalue weighted by atomic mass is 19.4. The Morgan fingerprint density at radius 2 is 2.00 bits per heavy atom. The highest BCUT2D eigenvalue weighted by Gasteiger charge is 2.35. The quantitative estimate of drug-likeness (QED) is 0.904. The summed E-state index contributed by atoms with van der Waals surface area (Å²) in [6, 6.07) is 2.71. The van der Waals surface area contributed by atoms with Gasteiger partial charge in [0.25, 0.3) is 0 Å². The van der Waals surface area contributed by atoms with Crippen LogP contribution in [0, 0.1) is 5.92 Å². The predicted molar refractivity (Wildman–Crippen MR) is 58.7 cm³/mol. The minimum Gasteiger partial charge on any atom is -0.493 e. The van der Waals surface area contributed by atoms with Crippen molar-refractivity contribution in [2.24, 2.45) is 5.92 Å². The Balaban J connectivity index is 3.13. The minimum absolute atomic E-state index is 0.0743. The van der Waals surface area contributed by atoms with Crippen molar-refractivity contribution in [1.29, 1.82) is 0 Å². The molecule has 1 N–H and O–H groups in total. The van der Waals surface area contributed by atoms with Crippen LogP contribution >= 0.6 is 0 Å². The molecule has 1 aromatic rings. The molecule has 0 heterocycles. The van der Waals surface area contributed by atoms with Crippen molar-refractivity contribution in [3.63, 3.8) is 0 Å². The van der Waals surface area contributed by atoms with Crippen molar-refractivity contribution in [2.75, 3.05) is 6.61 Å². The number of halogens is 3. The monoisotopic (exact) mass is 262 g/mol. The number of hydrogen-bond acceptors (Lipinski definition) is 2. The molecule has 1 rings (SSSR count). The van der Waals surface area contributed by atoms with Crippen LogP contribution in [0.25, 0.3) is 0 Å². The molecular weight excluding hydrogens is 249 g/mol. The molecule has 0 aliphatic carbocycles. The summed E-state index contributed by atoms with van der Waals surface area (Å²) in [5.41, 5.74) is -1.48. The summed E-state index contributed by atoms with van der Waals surface area (Å²) >= 11 is 0. The first kappa shape index (κ1) is 14.3. The molecule has 0 unspecified atom stereocenters. The van der Waals surface area contributed by atoms with E-state index >= 15 is 0 Å². The maximum atomic E-state index is 12.7. The summed E-state index contributed by atoms with van der Waals surface area (Å²) in [4.78, 5) is 10.6. The molecule has 1 aromatic carbocycles. The van der Waals surface area contributed by atoms with E-state index in [1.165, 1.54) is 0 Å². The number of benzene rings is 1. The van der Waals surface area contributed by atoms with E-state index in [0.717, 1.165) is 12.1 Å². The standard InChI is InChI=1S/C12H13F3O3/c1-7(2)6-18-10-4-3-8(11(16)17)5-9(10)12(13,14)15/h3-5,7H,6H2,1-2H3,(H,16,17). The van der Waals surface area contributed by atoms with Crippen LogP contribution in [0.4, 0.5) is 13.2 Å². The largest absolute Gasteiger partial charge is 0.493 e. The number of hydrogen-bond donors (Lipinski definition) is 1. The third-order valence-electron chi connectivity index (χ3n) is 2.10. The van der Waals surface area contributed by atoms with Crippen molar-refractivity contribution in [1.82, 2.24) is 0 Å². The summed E-state index contributed by atoms with van der Waals surface area (Å²) in [7, 11) is 0. The van der Waals surface area contributed by atoms with Crippen LogP contribution < -0.4 is 4.74 Å². The van der Waals surface area contributed by atoms with Gasteiger partial charge < -0.3 is 9.84 Å². The normalized spacial score (nSPS) is 11.7. The maximum absolute atomic E-state index is 12.7. The van der Waals surface area contributed by atoms with Crippen LogP contribution in [0.3, 0.4) is 0 Å². The average Bonchev–Trinajstić information content (AvgIpc) is 2.24. The number of ether oxygens (including phenoxy) is 1. The van der Waals surface area contributed by atoms with Crippen LogP contribution in [0.15, 0.2) is 18.2 Å². The summed E-state index contributed by atoms with van der Waals surface area (Å²) in [5.74, 6) is -1.68. The fourth-order valence-corrected chi connectivity index (χ4v) is 1.27. The summed E-state index contributed by atoms with van der Waals surface area (Å²) < 4.78 is 43.3. The first-order chi connectivity index (χ1) is 8.21. The first-order valence-corrected chi connectivity index (χ1v) is 5.29. The Labute approximate surface area is 102 Å². The van der Waals surface area contributed by atoms with Gasteiger partial charge in [0.05, 0.1) is 17.7 Å². The second-order valence-electron chi connectivity index (χ2n) is 4.22. The lowest BCUT2D eigenvalue weighted by Crippen LogP contribution is -2.13. The maximum Gasteiger partial charge on any atom is 0.419 e. The molecule has 0 bridgehead atoms. The molecule has 18 heavy (non-hydrogen) atoms. The molecule has 100 valence electrons. The van der Waals surface area contributed by atoms with Crippen molar-refractivity contribution in [3.8, 4) is 5.75 Å². The summed E-state index contributed by atoms with van der Waals surface area (Å²) in [6.07, 6.45) is -4.64. The minimum atomic E-state index is -4.64. The fourth-order valence-electron chi connectivity index (χ4n) is 1.27. The van der Waals surface area contributed by atoms with Crippen LogP contribution in [-0.4, -0.2) is 17.7 Å². The Kier molecular flexibility index (Phi) is 4.21.